The summed E-state index contributed by atoms with van der Waals surface area (Å²) in [5.74, 6) is 0.191. The van der Waals surface area contributed by atoms with Crippen molar-refractivity contribution in [2.75, 3.05) is 6.61 Å². The largest absolute Gasteiger partial charge is 0.496 e. The Labute approximate surface area is 125 Å². The molecule has 0 N–H and O–H groups in total. The monoisotopic (exact) mass is 284 g/mol. The molecular weight excluding hydrogens is 264 g/mol. The van der Waals surface area contributed by atoms with Crippen molar-refractivity contribution in [3.63, 3.8) is 0 Å². The van der Waals surface area contributed by atoms with Crippen LogP contribution in [0.2, 0.25) is 0 Å². The van der Waals surface area contributed by atoms with Gasteiger partial charge >= 0.3 is 0 Å². The third kappa shape index (κ3) is 3.69. The molecule has 0 atom stereocenters. The number of allylic oxidation sites excluding steroid dienone is 2. The van der Waals surface area contributed by atoms with E-state index in [0.717, 1.165) is 31.0 Å². The van der Waals surface area contributed by atoms with Crippen molar-refractivity contribution in [2.45, 2.75) is 26.7 Å². The summed E-state index contributed by atoms with van der Waals surface area (Å²) >= 11 is 0. The molecule has 21 heavy (non-hydrogen) atoms. The van der Waals surface area contributed by atoms with Gasteiger partial charge in [-0.2, -0.15) is 0 Å². The summed E-state index contributed by atoms with van der Waals surface area (Å²) in [6, 6.07) is 8.27. The maximum absolute atomic E-state index is 11.3. The Hall–Kier alpha value is -2.16. The summed E-state index contributed by atoms with van der Waals surface area (Å²) in [6.07, 6.45) is 5.00. The summed E-state index contributed by atoms with van der Waals surface area (Å²) in [5, 5.41) is 0. The lowest BCUT2D eigenvalue weighted by Gasteiger charge is -2.09. The van der Waals surface area contributed by atoms with Crippen LogP contribution in [0.4, 0.5) is 0 Å². The van der Waals surface area contributed by atoms with Gasteiger partial charge in [0, 0.05) is 5.57 Å². The number of carbonyl (C=O) groups is 2. The van der Waals surface area contributed by atoms with Gasteiger partial charge in [0.05, 0.1) is 6.26 Å². The molecule has 3 heteroatoms. The van der Waals surface area contributed by atoms with Gasteiger partial charge in [-0.3, -0.25) is 9.59 Å². The molecule has 0 aromatic heterocycles. The molecule has 110 valence electrons. The van der Waals surface area contributed by atoms with Crippen LogP contribution in [-0.2, 0) is 27.2 Å². The first-order valence-corrected chi connectivity index (χ1v) is 7.10. The van der Waals surface area contributed by atoms with Crippen molar-refractivity contribution in [1.82, 2.24) is 0 Å². The summed E-state index contributed by atoms with van der Waals surface area (Å²) in [5.41, 5.74) is 4.85. The Morgan fingerprint density at radius 2 is 1.76 bits per heavy atom. The van der Waals surface area contributed by atoms with Crippen LogP contribution < -0.4 is 0 Å². The molecule has 0 heterocycles. The first-order chi connectivity index (χ1) is 10.2. The van der Waals surface area contributed by atoms with Crippen LogP contribution in [-0.4, -0.2) is 19.2 Å². The van der Waals surface area contributed by atoms with E-state index in [1.165, 1.54) is 11.1 Å². The molecule has 0 spiro atoms. The minimum atomic E-state index is 0.191. The van der Waals surface area contributed by atoms with Crippen LogP contribution in [0, 0.1) is 5.92 Å². The SMILES string of the molecule is CC(C=O)=C(C)CO/C=C(/C=O)C1Cc2ccccc2C1. The van der Waals surface area contributed by atoms with Crippen molar-refractivity contribution in [3.8, 4) is 0 Å². The van der Waals surface area contributed by atoms with Crippen LogP contribution in [0.3, 0.4) is 0 Å². The van der Waals surface area contributed by atoms with Gasteiger partial charge in [0.2, 0.25) is 0 Å². The molecule has 0 bridgehead atoms. The van der Waals surface area contributed by atoms with Gasteiger partial charge in [-0.15, -0.1) is 0 Å². The average molecular weight is 284 g/mol. The molecule has 0 saturated heterocycles. The third-order valence-corrected chi connectivity index (χ3v) is 4.03. The fourth-order valence-electron chi connectivity index (χ4n) is 2.49. The molecule has 1 aliphatic rings. The predicted octanol–water partition coefficient (Wildman–Crippen LogP) is 3.04. The van der Waals surface area contributed by atoms with Gasteiger partial charge in [-0.1, -0.05) is 24.3 Å². The van der Waals surface area contributed by atoms with Gasteiger partial charge in [-0.05, 0) is 54.9 Å². The summed E-state index contributed by atoms with van der Waals surface area (Å²) in [7, 11) is 0. The van der Waals surface area contributed by atoms with Crippen LogP contribution in [0.1, 0.15) is 25.0 Å². The zero-order valence-corrected chi connectivity index (χ0v) is 12.5. The van der Waals surface area contributed by atoms with Crippen molar-refractivity contribution in [2.24, 2.45) is 5.92 Å². The molecule has 0 aliphatic heterocycles. The number of carbonyl (C=O) groups excluding carboxylic acids is 2. The molecular formula is C18H20O3. The molecule has 1 aromatic carbocycles. The number of ether oxygens (including phenoxy) is 1. The van der Waals surface area contributed by atoms with Crippen LogP contribution in [0.5, 0.6) is 0 Å². The zero-order chi connectivity index (χ0) is 15.2. The Kier molecular flexibility index (Phi) is 5.09. The van der Waals surface area contributed by atoms with Gasteiger partial charge in [0.25, 0.3) is 0 Å². The number of aldehydes is 2. The fourth-order valence-corrected chi connectivity index (χ4v) is 2.49. The molecule has 3 nitrogen and oxygen atoms in total. The lowest BCUT2D eigenvalue weighted by atomic mass is 9.98. The topological polar surface area (TPSA) is 43.4 Å². The van der Waals surface area contributed by atoms with Gasteiger partial charge in [0.15, 0.2) is 0 Å². The number of fused-ring (bicyclic) bond motifs is 1. The zero-order valence-electron chi connectivity index (χ0n) is 12.5. The number of hydrogen-bond acceptors (Lipinski definition) is 3. The number of benzene rings is 1. The Balaban J connectivity index is 2.00. The van der Waals surface area contributed by atoms with E-state index in [4.69, 9.17) is 4.74 Å². The normalized spacial score (nSPS) is 16.2. The first kappa shape index (κ1) is 15.2. The molecule has 0 fully saturated rings. The van der Waals surface area contributed by atoms with Crippen molar-refractivity contribution >= 4 is 12.6 Å². The number of rotatable bonds is 6. The highest BCUT2D eigenvalue weighted by molar-refractivity contribution is 5.74. The molecule has 0 radical (unpaired) electrons. The van der Waals surface area contributed by atoms with Gasteiger partial charge in [0.1, 0.15) is 19.2 Å². The van der Waals surface area contributed by atoms with Gasteiger partial charge < -0.3 is 4.74 Å². The Morgan fingerprint density at radius 3 is 2.29 bits per heavy atom. The second kappa shape index (κ2) is 7.02. The molecule has 0 saturated carbocycles. The maximum atomic E-state index is 11.3. The molecule has 1 aromatic rings. The van der Waals surface area contributed by atoms with E-state index in [-0.39, 0.29) is 5.92 Å². The maximum Gasteiger partial charge on any atom is 0.149 e. The van der Waals surface area contributed by atoms with Crippen molar-refractivity contribution in [3.05, 3.63) is 58.4 Å². The quantitative estimate of drug-likeness (QED) is 0.458. The van der Waals surface area contributed by atoms with E-state index in [9.17, 15) is 9.59 Å². The Morgan fingerprint density at radius 1 is 1.14 bits per heavy atom. The molecule has 1 aliphatic carbocycles. The second-order valence-electron chi connectivity index (χ2n) is 5.50. The highest BCUT2D eigenvalue weighted by Gasteiger charge is 2.24. The number of hydrogen-bond donors (Lipinski definition) is 0. The van der Waals surface area contributed by atoms with E-state index in [1.807, 2.05) is 19.1 Å². The lowest BCUT2D eigenvalue weighted by Crippen LogP contribution is -2.06. The average Bonchev–Trinajstić information content (AvgIpc) is 2.94. The van der Waals surface area contributed by atoms with E-state index < -0.39 is 0 Å². The lowest BCUT2D eigenvalue weighted by molar-refractivity contribution is -0.106. The van der Waals surface area contributed by atoms with Gasteiger partial charge in [-0.25, -0.2) is 0 Å². The minimum absolute atomic E-state index is 0.191. The summed E-state index contributed by atoms with van der Waals surface area (Å²) in [4.78, 5) is 21.9. The van der Waals surface area contributed by atoms with Crippen LogP contribution in [0.15, 0.2) is 47.2 Å². The van der Waals surface area contributed by atoms with Crippen LogP contribution >= 0.6 is 0 Å². The predicted molar refractivity (Wildman–Crippen MR) is 81.9 cm³/mol. The Bertz CT molecular complexity index is 571. The highest BCUT2D eigenvalue weighted by atomic mass is 16.5. The van der Waals surface area contributed by atoms with Crippen LogP contribution in [0.25, 0.3) is 0 Å². The second-order valence-corrected chi connectivity index (χ2v) is 5.50. The van der Waals surface area contributed by atoms with E-state index in [2.05, 4.69) is 12.1 Å². The van der Waals surface area contributed by atoms with E-state index >= 15 is 0 Å². The summed E-state index contributed by atoms with van der Waals surface area (Å²) in [6.45, 7) is 3.94. The summed E-state index contributed by atoms with van der Waals surface area (Å²) < 4.78 is 5.47. The fraction of sp³-hybridized carbons (Fsp3) is 0.333. The molecule has 2 rings (SSSR count). The molecule has 0 amide bonds. The smallest absolute Gasteiger partial charge is 0.149 e. The van der Waals surface area contributed by atoms with Crippen molar-refractivity contribution in [1.29, 1.82) is 0 Å². The first-order valence-electron chi connectivity index (χ1n) is 7.10. The van der Waals surface area contributed by atoms with E-state index in [0.29, 0.717) is 17.8 Å². The van der Waals surface area contributed by atoms with E-state index in [1.54, 1.807) is 13.2 Å². The highest BCUT2D eigenvalue weighted by Crippen LogP contribution is 2.30. The molecule has 0 unspecified atom stereocenters. The third-order valence-electron chi connectivity index (χ3n) is 4.03. The van der Waals surface area contributed by atoms with Crippen molar-refractivity contribution < 1.29 is 14.3 Å². The standard InChI is InChI=1S/C18H20O3/c1-13(9-19)14(2)11-21-12-18(10-20)17-7-15-5-3-4-6-16(15)8-17/h3-6,9-10,12,17H,7-8,11H2,1-2H3/b14-13?,18-12-. The minimum Gasteiger partial charge on any atom is -0.496 e.